The zero-order chi connectivity index (χ0) is 23.6. The molecule has 0 radical (unpaired) electrons. The number of hydrogen-bond donors (Lipinski definition) is 0. The first kappa shape index (κ1) is 22.0. The van der Waals surface area contributed by atoms with E-state index >= 15 is 0 Å². The maximum absolute atomic E-state index is 6.05. The average Bonchev–Trinajstić information content (AvgIpc) is 3.37. The molecular weight excluding hydrogens is 457 g/mol. The second-order valence-electron chi connectivity index (χ2n) is 8.87. The second-order valence-corrected chi connectivity index (χ2v) is 11.9. The van der Waals surface area contributed by atoms with E-state index in [0.717, 1.165) is 20.5 Å². The number of aryl methyl sites for hydroxylation is 6. The Bertz CT molecular complexity index is 1510. The van der Waals surface area contributed by atoms with E-state index in [1.54, 1.807) is 22.7 Å². The van der Waals surface area contributed by atoms with Gasteiger partial charge < -0.3 is 0 Å². The van der Waals surface area contributed by atoms with Crippen LogP contribution in [0.25, 0.3) is 41.1 Å². The molecule has 0 aliphatic carbocycles. The Hall–Kier alpha value is -2.82. The fourth-order valence-electron chi connectivity index (χ4n) is 5.19. The van der Waals surface area contributed by atoms with Gasteiger partial charge in [-0.2, -0.15) is 0 Å². The molecule has 162 valence electrons. The van der Waals surface area contributed by atoms with Crippen molar-refractivity contribution < 1.29 is 0 Å². The van der Waals surface area contributed by atoms with Crippen LogP contribution in [0.4, 0.5) is 0 Å². The predicted molar refractivity (Wildman–Crippen MR) is 150 cm³/mol. The Balaban J connectivity index is 1.93. The molecule has 33 heavy (non-hydrogen) atoms. The lowest BCUT2D eigenvalue weighted by Crippen LogP contribution is -1.88. The van der Waals surface area contributed by atoms with Crippen molar-refractivity contribution in [3.63, 3.8) is 0 Å². The van der Waals surface area contributed by atoms with E-state index in [4.69, 9.17) is 12.8 Å². The average molecular weight is 481 g/mol. The highest BCUT2D eigenvalue weighted by Crippen LogP contribution is 2.54. The summed E-state index contributed by atoms with van der Waals surface area (Å²) in [5.41, 5.74) is 10.3. The van der Waals surface area contributed by atoms with Gasteiger partial charge in [0.1, 0.15) is 0 Å². The van der Waals surface area contributed by atoms with Crippen LogP contribution >= 0.6 is 34.0 Å². The van der Waals surface area contributed by atoms with Crippen LogP contribution in [-0.4, -0.2) is 0 Å². The number of fused-ring (bicyclic) bond motifs is 3. The van der Waals surface area contributed by atoms with Crippen LogP contribution in [0.5, 0.6) is 0 Å². The lowest BCUT2D eigenvalue weighted by Gasteiger charge is -2.10. The zero-order valence-electron chi connectivity index (χ0n) is 19.7. The summed E-state index contributed by atoms with van der Waals surface area (Å²) in [6.07, 6.45) is 12.1. The van der Waals surface area contributed by atoms with Gasteiger partial charge in [0.2, 0.25) is 0 Å². The Kier molecular flexibility index (Phi) is 5.26. The number of benzene rings is 2. The summed E-state index contributed by atoms with van der Waals surface area (Å²) in [7, 11) is 0. The molecule has 0 unspecified atom stereocenters. The first-order valence-corrected chi connectivity index (χ1v) is 13.3. The molecule has 0 N–H and O–H groups in total. The number of rotatable bonds is 2. The molecule has 0 saturated heterocycles. The molecule has 0 bridgehead atoms. The summed E-state index contributed by atoms with van der Waals surface area (Å²) >= 11 is 5.30. The second kappa shape index (κ2) is 7.89. The van der Waals surface area contributed by atoms with Crippen molar-refractivity contribution in [2.45, 2.75) is 41.5 Å². The van der Waals surface area contributed by atoms with Gasteiger partial charge in [-0.3, -0.25) is 0 Å². The minimum atomic E-state index is 0.976. The van der Waals surface area contributed by atoms with E-state index in [0.29, 0.717) is 0 Å². The first-order chi connectivity index (χ1) is 15.7. The topological polar surface area (TPSA) is 0 Å². The highest BCUT2D eigenvalue weighted by Gasteiger charge is 2.26. The van der Waals surface area contributed by atoms with Crippen LogP contribution in [0, 0.1) is 66.2 Å². The van der Waals surface area contributed by atoms with Crippen LogP contribution in [0.3, 0.4) is 0 Å². The summed E-state index contributed by atoms with van der Waals surface area (Å²) in [5.74, 6) is 5.96. The molecule has 0 spiro atoms. The van der Waals surface area contributed by atoms with E-state index in [1.165, 1.54) is 63.7 Å². The van der Waals surface area contributed by atoms with Crippen LogP contribution in [-0.2, 0) is 0 Å². The first-order valence-electron chi connectivity index (χ1n) is 10.9. The molecule has 3 heterocycles. The summed E-state index contributed by atoms with van der Waals surface area (Å²) in [4.78, 5) is 4.49. The monoisotopic (exact) mass is 480 g/mol. The van der Waals surface area contributed by atoms with Crippen molar-refractivity contribution in [2.75, 3.05) is 0 Å². The third kappa shape index (κ3) is 3.27. The van der Waals surface area contributed by atoms with Crippen LogP contribution < -0.4 is 0 Å². The molecule has 0 aliphatic heterocycles. The Morgan fingerprint density at radius 3 is 1.18 bits per heavy atom. The van der Waals surface area contributed by atoms with Crippen molar-refractivity contribution in [3.05, 3.63) is 67.4 Å². The van der Waals surface area contributed by atoms with E-state index in [2.05, 4.69) is 77.6 Å². The van der Waals surface area contributed by atoms with Gasteiger partial charge in [0.15, 0.2) is 0 Å². The number of terminal acetylenes is 2. The molecule has 2 aromatic carbocycles. The lowest BCUT2D eigenvalue weighted by molar-refractivity contribution is 1.33. The molecule has 0 aliphatic rings. The number of thiophene rings is 3. The highest BCUT2D eigenvalue weighted by molar-refractivity contribution is 7.34. The maximum atomic E-state index is 6.05. The summed E-state index contributed by atoms with van der Waals surface area (Å²) in [6.45, 7) is 13.1. The molecular formula is C30H24S3. The van der Waals surface area contributed by atoms with E-state index < -0.39 is 0 Å². The van der Waals surface area contributed by atoms with Crippen molar-refractivity contribution in [3.8, 4) is 45.6 Å². The van der Waals surface area contributed by atoms with Crippen molar-refractivity contribution in [1.29, 1.82) is 0 Å². The van der Waals surface area contributed by atoms with Gasteiger partial charge in [0.05, 0.1) is 28.9 Å². The highest BCUT2D eigenvalue weighted by atomic mass is 32.1. The minimum Gasteiger partial charge on any atom is -0.132 e. The predicted octanol–water partition coefficient (Wildman–Crippen LogP) is 9.32. The largest absolute Gasteiger partial charge is 0.132 e. The Morgan fingerprint density at radius 1 is 0.545 bits per heavy atom. The third-order valence-corrected chi connectivity index (χ3v) is 10.0. The van der Waals surface area contributed by atoms with Gasteiger partial charge >= 0.3 is 0 Å². The minimum absolute atomic E-state index is 0.976. The molecule has 3 heteroatoms. The van der Waals surface area contributed by atoms with Crippen LogP contribution in [0.2, 0.25) is 0 Å². The van der Waals surface area contributed by atoms with Crippen molar-refractivity contribution in [1.82, 2.24) is 0 Å². The molecule has 0 saturated carbocycles. The van der Waals surface area contributed by atoms with Gasteiger partial charge in [-0.25, -0.2) is 0 Å². The van der Waals surface area contributed by atoms with E-state index in [1.807, 2.05) is 11.3 Å². The molecule has 5 rings (SSSR count). The standard InChI is InChI=1S/C30H24S3/c1-9-21-25-26-22(10-2)32-28(24-19(7)13-16(4)14-20(24)8)30(26)33-29(25)27(31-21)23-17(5)11-15(3)12-18(23)6/h1-2,11-14H,3-8H3. The summed E-state index contributed by atoms with van der Waals surface area (Å²) in [5, 5.41) is 2.32. The molecule has 0 nitrogen and oxygen atoms in total. The number of hydrogen-bond acceptors (Lipinski definition) is 3. The van der Waals surface area contributed by atoms with Crippen molar-refractivity contribution in [2.24, 2.45) is 0 Å². The fourth-order valence-corrected chi connectivity index (χ4v) is 9.40. The van der Waals surface area contributed by atoms with Gasteiger partial charge in [-0.15, -0.1) is 46.9 Å². The maximum Gasteiger partial charge on any atom is 0.0866 e. The van der Waals surface area contributed by atoms with Crippen molar-refractivity contribution >= 4 is 54.2 Å². The van der Waals surface area contributed by atoms with E-state index in [-0.39, 0.29) is 0 Å². The van der Waals surface area contributed by atoms with E-state index in [9.17, 15) is 0 Å². The summed E-state index contributed by atoms with van der Waals surface area (Å²) < 4.78 is 2.53. The van der Waals surface area contributed by atoms with Crippen LogP contribution in [0.15, 0.2) is 24.3 Å². The molecule has 3 aromatic heterocycles. The molecule has 0 fully saturated rings. The van der Waals surface area contributed by atoms with Gasteiger partial charge in [0.25, 0.3) is 0 Å². The van der Waals surface area contributed by atoms with Gasteiger partial charge in [-0.05, 0) is 74.9 Å². The fraction of sp³-hybridized carbons (Fsp3) is 0.200. The third-order valence-electron chi connectivity index (χ3n) is 6.25. The molecule has 0 amide bonds. The SMILES string of the molecule is C#Cc1sc(-c2c(C)cc(C)cc2C)c2sc3c(-c4c(C)cc(C)cc4C)sc(C#C)c3c12. The summed E-state index contributed by atoms with van der Waals surface area (Å²) in [6, 6.07) is 9.04. The smallest absolute Gasteiger partial charge is 0.0866 e. The van der Waals surface area contributed by atoms with Gasteiger partial charge in [0, 0.05) is 10.8 Å². The lowest BCUT2D eigenvalue weighted by atomic mass is 9.97. The normalized spacial score (nSPS) is 11.3. The quantitative estimate of drug-likeness (QED) is 0.221. The Morgan fingerprint density at radius 2 is 0.879 bits per heavy atom. The molecule has 0 atom stereocenters. The van der Waals surface area contributed by atoms with Crippen LogP contribution in [0.1, 0.15) is 43.1 Å². The molecule has 5 aromatic rings. The Labute approximate surface area is 207 Å². The van der Waals surface area contributed by atoms with Gasteiger partial charge in [-0.1, -0.05) is 47.2 Å². The zero-order valence-corrected chi connectivity index (χ0v) is 22.1.